The molecule has 0 aliphatic carbocycles. The lowest BCUT2D eigenvalue weighted by molar-refractivity contribution is -0.156. The zero-order chi connectivity index (χ0) is 21.2. The summed E-state index contributed by atoms with van der Waals surface area (Å²) in [4.78, 5) is 47.1. The summed E-state index contributed by atoms with van der Waals surface area (Å²) in [6, 6.07) is -0.821. The molecule has 3 heterocycles. The zero-order valence-electron chi connectivity index (χ0n) is 15.0. The van der Waals surface area contributed by atoms with Crippen molar-refractivity contribution in [2.75, 3.05) is 24.6 Å². The van der Waals surface area contributed by atoms with Crippen molar-refractivity contribution in [3.63, 3.8) is 0 Å². The molecule has 2 aliphatic heterocycles. The molecule has 2 aliphatic rings. The van der Waals surface area contributed by atoms with E-state index in [4.69, 9.17) is 17.0 Å². The molecule has 3 rings (SSSR count). The molecule has 2 fully saturated rings. The maximum absolute atomic E-state index is 12.7. The maximum Gasteiger partial charge on any atom is 0.316 e. The predicted octanol–water partition coefficient (Wildman–Crippen LogP) is -0.264. The molecule has 2 unspecified atom stereocenters. The molecule has 152 valence electrons. The number of carboxylic acids is 1. The number of amides is 2. The van der Waals surface area contributed by atoms with Gasteiger partial charge in [-0.2, -0.15) is 0 Å². The van der Waals surface area contributed by atoms with Crippen molar-refractivity contribution in [3.8, 4) is 12.3 Å². The van der Waals surface area contributed by atoms with Crippen LogP contribution >= 0.6 is 23.1 Å². The molecule has 0 radical (unpaired) electrons. The minimum absolute atomic E-state index is 0.00352. The third-order valence-electron chi connectivity index (χ3n) is 4.49. The summed E-state index contributed by atoms with van der Waals surface area (Å²) < 4.78 is 0. The Labute approximate surface area is 174 Å². The van der Waals surface area contributed by atoms with Crippen LogP contribution in [0.15, 0.2) is 23.2 Å². The Morgan fingerprint density at radius 3 is 3.00 bits per heavy atom. The molecule has 2 saturated heterocycles. The number of nitrogens with two attached hydrogens (primary N) is 1. The molecule has 0 bridgehead atoms. The van der Waals surface area contributed by atoms with Crippen LogP contribution < -0.4 is 11.1 Å². The van der Waals surface area contributed by atoms with Gasteiger partial charge >= 0.3 is 5.97 Å². The minimum Gasteiger partial charge on any atom is -0.481 e. The zero-order valence-corrected chi connectivity index (χ0v) is 16.7. The number of nitrogens with one attached hydrogen (secondary N) is 1. The molecule has 0 spiro atoms. The van der Waals surface area contributed by atoms with Crippen LogP contribution in [0.5, 0.6) is 0 Å². The van der Waals surface area contributed by atoms with Gasteiger partial charge in [-0.25, -0.2) is 4.98 Å². The number of carbonyl (C=O) groups excluding carboxylic acids is 2. The van der Waals surface area contributed by atoms with Gasteiger partial charge in [0.2, 0.25) is 5.91 Å². The Bertz CT molecular complexity index is 939. The summed E-state index contributed by atoms with van der Waals surface area (Å²) in [7, 11) is 0. The van der Waals surface area contributed by atoms with Crippen molar-refractivity contribution in [3.05, 3.63) is 23.7 Å². The number of oxime groups is 1. The van der Waals surface area contributed by atoms with Gasteiger partial charge in [-0.3, -0.25) is 14.4 Å². The van der Waals surface area contributed by atoms with Crippen molar-refractivity contribution < 1.29 is 24.3 Å². The molecule has 0 aromatic carbocycles. The van der Waals surface area contributed by atoms with Crippen LogP contribution in [0.25, 0.3) is 0 Å². The van der Waals surface area contributed by atoms with Gasteiger partial charge in [0.1, 0.15) is 22.5 Å². The van der Waals surface area contributed by atoms with E-state index in [0.29, 0.717) is 0 Å². The van der Waals surface area contributed by atoms with E-state index in [0.717, 1.165) is 11.3 Å². The fourth-order valence-corrected chi connectivity index (χ4v) is 4.96. The first-order chi connectivity index (χ1) is 13.8. The number of anilines is 1. The highest BCUT2D eigenvalue weighted by atomic mass is 32.2. The highest BCUT2D eigenvalue weighted by molar-refractivity contribution is 8.00. The third-order valence-corrected chi connectivity index (χ3v) is 6.72. The van der Waals surface area contributed by atoms with E-state index in [9.17, 15) is 19.5 Å². The lowest BCUT2D eigenvalue weighted by atomic mass is 9.87. The lowest BCUT2D eigenvalue weighted by Gasteiger charge is -2.53. The second kappa shape index (κ2) is 8.14. The van der Waals surface area contributed by atoms with Crippen molar-refractivity contribution in [1.29, 1.82) is 0 Å². The second-order valence-electron chi connectivity index (χ2n) is 6.27. The van der Waals surface area contributed by atoms with Gasteiger partial charge in [-0.15, -0.1) is 36.1 Å². The fourth-order valence-electron chi connectivity index (χ4n) is 2.88. The summed E-state index contributed by atoms with van der Waals surface area (Å²) in [5.41, 5.74) is 4.43. The predicted molar refractivity (Wildman–Crippen MR) is 108 cm³/mol. The summed E-state index contributed by atoms with van der Waals surface area (Å²) >= 11 is 2.38. The van der Waals surface area contributed by atoms with Crippen LogP contribution in [-0.2, 0) is 19.2 Å². The number of terminal acetylenes is 1. The summed E-state index contributed by atoms with van der Waals surface area (Å²) in [5.74, 6) is 0.360. The number of thioether (sulfide) groups is 1. The Hall–Kier alpha value is -3.04. The number of hydrogen-bond acceptors (Lipinski definition) is 9. The molecular weight excluding hydrogens is 418 g/mol. The van der Waals surface area contributed by atoms with E-state index in [-0.39, 0.29) is 46.7 Å². The average Bonchev–Trinajstić information content (AvgIpc) is 3.14. The number of carboxylic acid groups (broad SMARTS) is 1. The summed E-state index contributed by atoms with van der Waals surface area (Å²) in [5, 5.41) is 17.2. The van der Waals surface area contributed by atoms with Gasteiger partial charge < -0.3 is 25.9 Å². The number of β-lactam (4-membered cyclic amide) rings is 1. The van der Waals surface area contributed by atoms with Crippen LogP contribution in [0.2, 0.25) is 0 Å². The largest absolute Gasteiger partial charge is 0.481 e. The number of hydrogen-bond donors (Lipinski definition) is 3. The van der Waals surface area contributed by atoms with Gasteiger partial charge in [0, 0.05) is 17.7 Å². The van der Waals surface area contributed by atoms with Gasteiger partial charge in [-0.1, -0.05) is 17.2 Å². The van der Waals surface area contributed by atoms with E-state index in [1.165, 1.54) is 28.1 Å². The van der Waals surface area contributed by atoms with Gasteiger partial charge in [-0.05, 0) is 0 Å². The number of carbonyl (C=O) groups is 3. The van der Waals surface area contributed by atoms with Crippen molar-refractivity contribution in [2.24, 2.45) is 10.6 Å². The smallest absolute Gasteiger partial charge is 0.316 e. The Morgan fingerprint density at radius 1 is 1.66 bits per heavy atom. The molecule has 4 N–H and O–H groups in total. The number of thiazole rings is 1. The SMILES string of the molecule is C#CCON=C(C(=O)NC1C(=O)N2CC(C=C)(C(=O)O)CS[C@H]12)c1csc(N)n1. The highest BCUT2D eigenvalue weighted by Crippen LogP contribution is 2.42. The molecule has 2 amide bonds. The normalized spacial score (nSPS) is 26.0. The molecule has 3 atom stereocenters. The van der Waals surface area contributed by atoms with E-state index in [1.807, 2.05) is 0 Å². The number of fused-ring (bicyclic) bond motifs is 1. The highest BCUT2D eigenvalue weighted by Gasteiger charge is 2.56. The van der Waals surface area contributed by atoms with Gasteiger partial charge in [0.05, 0.1) is 0 Å². The van der Waals surface area contributed by atoms with Gasteiger partial charge in [0.15, 0.2) is 17.5 Å². The first-order valence-electron chi connectivity index (χ1n) is 8.27. The Balaban J connectivity index is 1.73. The maximum atomic E-state index is 12.7. The van der Waals surface area contributed by atoms with Crippen molar-refractivity contribution in [1.82, 2.24) is 15.2 Å². The van der Waals surface area contributed by atoms with Gasteiger partial charge in [0.25, 0.3) is 5.91 Å². The van der Waals surface area contributed by atoms with E-state index >= 15 is 0 Å². The fraction of sp³-hybridized carbons (Fsp3) is 0.353. The third kappa shape index (κ3) is 3.79. The standard InChI is InChI=1S/C17H17N5O5S2/c1-3-5-27-21-10(9-6-28-16(18)19-9)12(23)20-11-13(24)22-7-17(4-2,15(25)26)8-29-14(11)22/h1,4,6,11,14H,2,5,7-8H2,(H2,18,19)(H,20,23)(H,25,26)/t11?,14-,17?/m1/s1. The molecule has 1 aromatic rings. The summed E-state index contributed by atoms with van der Waals surface area (Å²) in [6.45, 7) is 3.44. The first kappa shape index (κ1) is 20.7. The van der Waals surface area contributed by atoms with Crippen LogP contribution in [-0.4, -0.2) is 68.8 Å². The molecular formula is C17H17N5O5S2. The number of nitrogens with zero attached hydrogens (tertiary/aromatic N) is 3. The average molecular weight is 435 g/mol. The first-order valence-corrected chi connectivity index (χ1v) is 10.2. The molecule has 12 heteroatoms. The topological polar surface area (TPSA) is 147 Å². The molecule has 1 aromatic heterocycles. The summed E-state index contributed by atoms with van der Waals surface area (Å²) in [6.07, 6.45) is 6.46. The molecule has 10 nitrogen and oxygen atoms in total. The van der Waals surface area contributed by atoms with E-state index < -0.39 is 23.3 Å². The Kier molecular flexibility index (Phi) is 5.81. The number of aromatic nitrogens is 1. The molecule has 0 saturated carbocycles. The quantitative estimate of drug-likeness (QED) is 0.132. The lowest BCUT2D eigenvalue weighted by Crippen LogP contribution is -2.73. The minimum atomic E-state index is -1.21. The van der Waals surface area contributed by atoms with Crippen LogP contribution in [0.3, 0.4) is 0 Å². The van der Waals surface area contributed by atoms with Crippen LogP contribution in [0.1, 0.15) is 5.69 Å². The monoisotopic (exact) mass is 435 g/mol. The number of nitrogen functional groups attached to an aromatic ring is 1. The molecule has 29 heavy (non-hydrogen) atoms. The van der Waals surface area contributed by atoms with E-state index in [1.54, 1.807) is 0 Å². The Morgan fingerprint density at radius 2 is 2.41 bits per heavy atom. The van der Waals surface area contributed by atoms with Crippen molar-refractivity contribution >= 4 is 51.7 Å². The van der Waals surface area contributed by atoms with Crippen LogP contribution in [0, 0.1) is 17.8 Å². The second-order valence-corrected chi connectivity index (χ2v) is 8.27. The van der Waals surface area contributed by atoms with Crippen LogP contribution in [0.4, 0.5) is 5.13 Å². The number of aliphatic carboxylic acids is 1. The van der Waals surface area contributed by atoms with Crippen molar-refractivity contribution in [2.45, 2.75) is 11.4 Å². The number of rotatable bonds is 7. The van der Waals surface area contributed by atoms with E-state index in [2.05, 4.69) is 28.0 Å².